The number of hydrogen-bond acceptors (Lipinski definition) is 8. The number of ether oxygens (including phenoxy) is 2. The van der Waals surface area contributed by atoms with Crippen molar-refractivity contribution in [1.82, 2.24) is 9.88 Å². The largest absolute Gasteiger partial charge is 0.493 e. The molecule has 0 N–H and O–H groups in total. The lowest BCUT2D eigenvalue weighted by molar-refractivity contribution is -0.384. The van der Waals surface area contributed by atoms with Gasteiger partial charge in [-0.2, -0.15) is 0 Å². The molecule has 0 radical (unpaired) electrons. The fraction of sp³-hybridized carbons (Fsp3) is 0.333. The molecule has 0 saturated heterocycles. The van der Waals surface area contributed by atoms with Gasteiger partial charge in [-0.3, -0.25) is 19.8 Å². The Kier molecular flexibility index (Phi) is 8.55. The van der Waals surface area contributed by atoms with Crippen molar-refractivity contribution in [3.8, 4) is 11.5 Å². The van der Waals surface area contributed by atoms with Crippen LogP contribution < -0.4 is 14.4 Å². The lowest BCUT2D eigenvalue weighted by atomic mass is 10.2. The predicted molar refractivity (Wildman–Crippen MR) is 135 cm³/mol. The number of anilines is 1. The minimum Gasteiger partial charge on any atom is -0.493 e. The number of aromatic nitrogens is 1. The van der Waals surface area contributed by atoms with Crippen LogP contribution in [-0.2, 0) is 4.79 Å². The molecule has 0 aliphatic heterocycles. The zero-order valence-corrected chi connectivity index (χ0v) is 20.5. The zero-order chi connectivity index (χ0) is 24.7. The van der Waals surface area contributed by atoms with Crippen LogP contribution in [0.4, 0.5) is 10.8 Å². The van der Waals surface area contributed by atoms with Gasteiger partial charge in [0.2, 0.25) is 0 Å². The number of thiazole rings is 1. The normalized spacial score (nSPS) is 11.3. The fourth-order valence-corrected chi connectivity index (χ4v) is 4.41. The van der Waals surface area contributed by atoms with Crippen molar-refractivity contribution >= 4 is 44.4 Å². The number of fused-ring (bicyclic) bond motifs is 1. The number of likely N-dealkylation sites (N-methyl/N-ethyl adjacent to an activating group) is 1. The van der Waals surface area contributed by atoms with Crippen LogP contribution in [0.1, 0.15) is 19.4 Å². The van der Waals surface area contributed by atoms with Crippen LogP contribution in [0.5, 0.6) is 11.5 Å². The number of carbonyl (C=O) groups is 1. The fourth-order valence-electron chi connectivity index (χ4n) is 3.40. The number of rotatable bonds is 11. The Morgan fingerprint density at radius 1 is 1.09 bits per heavy atom. The van der Waals surface area contributed by atoms with Gasteiger partial charge in [0.05, 0.1) is 29.4 Å². The van der Waals surface area contributed by atoms with Crippen LogP contribution in [0.25, 0.3) is 16.3 Å². The number of nitrogens with zero attached hydrogens (tertiary/aromatic N) is 4. The topological polar surface area (TPSA) is 98.0 Å². The van der Waals surface area contributed by atoms with Gasteiger partial charge >= 0.3 is 0 Å². The Hall–Kier alpha value is -3.50. The summed E-state index contributed by atoms with van der Waals surface area (Å²) in [5.41, 5.74) is 1.42. The number of benzene rings is 2. The summed E-state index contributed by atoms with van der Waals surface area (Å²) in [4.78, 5) is 32.2. The number of amides is 1. The Bertz CT molecular complexity index is 1130. The summed E-state index contributed by atoms with van der Waals surface area (Å²) in [7, 11) is 3.15. The van der Waals surface area contributed by atoms with E-state index in [0.717, 1.165) is 23.3 Å². The Morgan fingerprint density at radius 3 is 2.32 bits per heavy atom. The van der Waals surface area contributed by atoms with Crippen molar-refractivity contribution in [3.05, 3.63) is 58.2 Å². The molecule has 180 valence electrons. The van der Waals surface area contributed by atoms with Crippen molar-refractivity contribution in [3.63, 3.8) is 0 Å². The van der Waals surface area contributed by atoms with Crippen molar-refractivity contribution in [1.29, 1.82) is 0 Å². The molecule has 0 saturated carbocycles. The van der Waals surface area contributed by atoms with Gasteiger partial charge in [0.15, 0.2) is 16.6 Å². The molecule has 0 spiro atoms. The van der Waals surface area contributed by atoms with Gasteiger partial charge < -0.3 is 14.4 Å². The van der Waals surface area contributed by atoms with Gasteiger partial charge in [-0.05, 0) is 36.9 Å². The number of hydrogen-bond donors (Lipinski definition) is 0. The molecule has 10 heteroatoms. The lowest BCUT2D eigenvalue weighted by Gasteiger charge is -2.23. The second-order valence-electron chi connectivity index (χ2n) is 7.37. The quantitative estimate of drug-likeness (QED) is 0.223. The summed E-state index contributed by atoms with van der Waals surface area (Å²) >= 11 is 1.41. The van der Waals surface area contributed by atoms with Crippen LogP contribution in [0.15, 0.2) is 42.5 Å². The molecule has 9 nitrogen and oxygen atoms in total. The first-order valence-electron chi connectivity index (χ1n) is 10.9. The molecule has 1 amide bonds. The number of nitro groups is 1. The van der Waals surface area contributed by atoms with Gasteiger partial charge in [-0.25, -0.2) is 4.98 Å². The van der Waals surface area contributed by atoms with E-state index in [4.69, 9.17) is 14.5 Å². The van der Waals surface area contributed by atoms with E-state index in [0.29, 0.717) is 35.3 Å². The maximum atomic E-state index is 13.2. The van der Waals surface area contributed by atoms with Crippen molar-refractivity contribution in [2.75, 3.05) is 45.3 Å². The van der Waals surface area contributed by atoms with Crippen molar-refractivity contribution < 1.29 is 19.2 Å². The number of carbonyl (C=O) groups excluding carboxylic acids is 1. The Morgan fingerprint density at radius 2 is 1.74 bits per heavy atom. The first-order valence-corrected chi connectivity index (χ1v) is 11.7. The highest BCUT2D eigenvalue weighted by Crippen LogP contribution is 2.37. The zero-order valence-electron chi connectivity index (χ0n) is 19.7. The second kappa shape index (κ2) is 11.6. The van der Waals surface area contributed by atoms with Crippen LogP contribution >= 0.6 is 11.3 Å². The number of nitro benzene ring substituents is 1. The molecule has 1 aromatic heterocycles. The third-order valence-electron chi connectivity index (χ3n) is 5.44. The average molecular weight is 485 g/mol. The average Bonchev–Trinajstić information content (AvgIpc) is 3.26. The Labute approximate surface area is 202 Å². The van der Waals surface area contributed by atoms with E-state index in [2.05, 4.69) is 18.7 Å². The molecule has 0 atom stereocenters. The van der Waals surface area contributed by atoms with Crippen molar-refractivity contribution in [2.45, 2.75) is 13.8 Å². The molecule has 0 bridgehead atoms. The van der Waals surface area contributed by atoms with Gasteiger partial charge in [0.1, 0.15) is 0 Å². The summed E-state index contributed by atoms with van der Waals surface area (Å²) in [6.07, 6.45) is 3.12. The van der Waals surface area contributed by atoms with Crippen LogP contribution in [-0.4, -0.2) is 61.1 Å². The molecule has 0 aliphatic rings. The predicted octanol–water partition coefficient (Wildman–Crippen LogP) is 4.61. The molecule has 34 heavy (non-hydrogen) atoms. The van der Waals surface area contributed by atoms with Crippen LogP contribution in [0.2, 0.25) is 0 Å². The monoisotopic (exact) mass is 484 g/mol. The van der Waals surface area contributed by atoms with E-state index in [1.54, 1.807) is 43.4 Å². The molecule has 3 rings (SSSR count). The summed E-state index contributed by atoms with van der Waals surface area (Å²) in [5, 5.41) is 11.4. The second-order valence-corrected chi connectivity index (χ2v) is 8.38. The highest BCUT2D eigenvalue weighted by Gasteiger charge is 2.20. The number of methoxy groups -OCH3 is 2. The molecular formula is C24H28N4O5S. The third-order valence-corrected chi connectivity index (χ3v) is 6.48. The molecule has 2 aromatic carbocycles. The minimum atomic E-state index is -0.454. The SMILES string of the molecule is CCN(CC)CCN(C(=O)C=Cc1ccc([N+](=O)[O-])cc1)c1nc2cc(OC)c(OC)cc2s1. The van der Waals surface area contributed by atoms with E-state index in [1.165, 1.54) is 29.5 Å². The summed E-state index contributed by atoms with van der Waals surface area (Å²) in [6.45, 7) is 7.10. The summed E-state index contributed by atoms with van der Waals surface area (Å²) < 4.78 is 11.7. The van der Waals surface area contributed by atoms with Gasteiger partial charge in [-0.15, -0.1) is 0 Å². The molecule has 1 heterocycles. The van der Waals surface area contributed by atoms with Gasteiger partial charge in [0.25, 0.3) is 11.6 Å². The van der Waals surface area contributed by atoms with E-state index in [-0.39, 0.29) is 11.6 Å². The highest BCUT2D eigenvalue weighted by molar-refractivity contribution is 7.22. The highest BCUT2D eigenvalue weighted by atomic mass is 32.1. The molecule has 0 unspecified atom stereocenters. The first-order chi connectivity index (χ1) is 16.4. The summed E-state index contributed by atoms with van der Waals surface area (Å²) in [6, 6.07) is 9.70. The minimum absolute atomic E-state index is 0.00431. The standard InChI is InChI=1S/C24H28N4O5S/c1-5-26(6-2)13-14-27(23(29)12-9-17-7-10-18(11-8-17)28(30)31)24-25-19-15-20(32-3)21(33-4)16-22(19)34-24/h7-12,15-16H,5-6,13-14H2,1-4H3. The smallest absolute Gasteiger partial charge is 0.269 e. The van der Waals surface area contributed by atoms with E-state index in [1.807, 2.05) is 6.07 Å². The molecule has 0 fully saturated rings. The van der Waals surface area contributed by atoms with E-state index in [9.17, 15) is 14.9 Å². The van der Waals surface area contributed by atoms with Crippen LogP contribution in [0.3, 0.4) is 0 Å². The van der Waals surface area contributed by atoms with E-state index < -0.39 is 4.92 Å². The molecule has 3 aromatic rings. The van der Waals surface area contributed by atoms with Gasteiger partial charge in [-0.1, -0.05) is 25.2 Å². The Balaban J connectivity index is 1.90. The lowest BCUT2D eigenvalue weighted by Crippen LogP contribution is -2.38. The van der Waals surface area contributed by atoms with Crippen molar-refractivity contribution in [2.24, 2.45) is 0 Å². The van der Waals surface area contributed by atoms with Gasteiger partial charge in [0, 0.05) is 43.4 Å². The number of non-ortho nitro benzene ring substituents is 1. The maximum Gasteiger partial charge on any atom is 0.269 e. The summed E-state index contributed by atoms with van der Waals surface area (Å²) in [5.74, 6) is 0.957. The molecule has 0 aliphatic carbocycles. The van der Waals surface area contributed by atoms with Crippen LogP contribution in [0, 0.1) is 10.1 Å². The maximum absolute atomic E-state index is 13.2. The first kappa shape index (κ1) is 25.1. The van der Waals surface area contributed by atoms with E-state index >= 15 is 0 Å². The third kappa shape index (κ3) is 5.89. The molecular weight excluding hydrogens is 456 g/mol.